The van der Waals surface area contributed by atoms with Gasteiger partial charge in [0.2, 0.25) is 17.5 Å². The van der Waals surface area contributed by atoms with E-state index in [9.17, 15) is 40.5 Å². The van der Waals surface area contributed by atoms with Gasteiger partial charge >= 0.3 is 0 Å². The second kappa shape index (κ2) is 7.88. The van der Waals surface area contributed by atoms with Gasteiger partial charge in [-0.15, -0.1) is 0 Å². The number of aliphatic hydroxyl groups excluding tert-OH is 3. The average Bonchev–Trinajstić information content (AvgIpc) is 3.00. The Hall–Kier alpha value is -3.51. The maximum atomic E-state index is 13.2. The van der Waals surface area contributed by atoms with E-state index in [1.165, 1.54) is 13.0 Å². The van der Waals surface area contributed by atoms with Crippen molar-refractivity contribution >= 4 is 11.0 Å². The van der Waals surface area contributed by atoms with Crippen LogP contribution >= 0.6 is 0 Å². The molecular formula is C21H20O11. The lowest BCUT2D eigenvalue weighted by Gasteiger charge is -2.19. The number of hydrogen-bond acceptors (Lipinski definition) is 11. The van der Waals surface area contributed by atoms with Crippen LogP contribution < -0.4 is 10.2 Å². The molecule has 0 bridgehead atoms. The van der Waals surface area contributed by atoms with Gasteiger partial charge in [-0.2, -0.15) is 0 Å². The number of phenolic OH excluding ortho intramolecular Hbond substituents is 4. The minimum absolute atomic E-state index is 0.0669. The first-order valence-corrected chi connectivity index (χ1v) is 9.50. The SMILES string of the molecule is C[C@@H](O)[C@H]1O[C@H](Oc2c(-c3ccc(O)c(O)c3)oc3cc(O)cc(O)c3c2=O)[C@@H](O)[C@H]1O. The summed E-state index contributed by atoms with van der Waals surface area (Å²) in [7, 11) is 0. The number of ether oxygens (including phenoxy) is 2. The largest absolute Gasteiger partial charge is 0.508 e. The molecule has 170 valence electrons. The van der Waals surface area contributed by atoms with Crippen molar-refractivity contribution in [1.29, 1.82) is 0 Å². The van der Waals surface area contributed by atoms with Crippen LogP contribution in [0.25, 0.3) is 22.3 Å². The summed E-state index contributed by atoms with van der Waals surface area (Å²) in [6.45, 7) is 1.34. The Bertz CT molecular complexity index is 1230. The fraction of sp³-hybridized carbons (Fsp3) is 0.286. The lowest BCUT2D eigenvalue weighted by atomic mass is 10.1. The van der Waals surface area contributed by atoms with Crippen LogP contribution in [0.3, 0.4) is 0 Å². The molecule has 0 spiro atoms. The molecule has 11 nitrogen and oxygen atoms in total. The van der Waals surface area contributed by atoms with Crippen molar-refractivity contribution in [3.05, 3.63) is 40.6 Å². The van der Waals surface area contributed by atoms with Crippen molar-refractivity contribution in [2.24, 2.45) is 0 Å². The summed E-state index contributed by atoms with van der Waals surface area (Å²) in [5.74, 6) is -2.79. The first kappa shape index (κ1) is 21.7. The lowest BCUT2D eigenvalue weighted by molar-refractivity contribution is -0.129. The Kier molecular flexibility index (Phi) is 5.34. The molecule has 0 saturated carbocycles. The van der Waals surface area contributed by atoms with E-state index in [0.29, 0.717) is 0 Å². The fourth-order valence-electron chi connectivity index (χ4n) is 3.51. The molecule has 32 heavy (non-hydrogen) atoms. The second-order valence-electron chi connectivity index (χ2n) is 7.44. The molecule has 1 aromatic heterocycles. The van der Waals surface area contributed by atoms with E-state index in [4.69, 9.17) is 13.9 Å². The van der Waals surface area contributed by atoms with E-state index in [2.05, 4.69) is 0 Å². The second-order valence-corrected chi connectivity index (χ2v) is 7.44. The molecule has 0 unspecified atom stereocenters. The maximum Gasteiger partial charge on any atom is 0.239 e. The van der Waals surface area contributed by atoms with Crippen molar-refractivity contribution in [3.63, 3.8) is 0 Å². The summed E-state index contributed by atoms with van der Waals surface area (Å²) in [6.07, 6.45) is -7.11. The lowest BCUT2D eigenvalue weighted by Crippen LogP contribution is -2.38. The summed E-state index contributed by atoms with van der Waals surface area (Å²) >= 11 is 0. The van der Waals surface area contributed by atoms with Gasteiger partial charge in [0.15, 0.2) is 17.3 Å². The highest BCUT2D eigenvalue weighted by molar-refractivity contribution is 5.88. The van der Waals surface area contributed by atoms with Gasteiger partial charge in [0.1, 0.15) is 40.8 Å². The molecule has 0 amide bonds. The van der Waals surface area contributed by atoms with E-state index < -0.39 is 59.1 Å². The number of hydrogen-bond donors (Lipinski definition) is 7. The van der Waals surface area contributed by atoms with Gasteiger partial charge in [-0.3, -0.25) is 4.79 Å². The Morgan fingerprint density at radius 3 is 2.31 bits per heavy atom. The zero-order valence-corrected chi connectivity index (χ0v) is 16.5. The Balaban J connectivity index is 1.91. The number of fused-ring (bicyclic) bond motifs is 1. The molecule has 3 aromatic rings. The number of phenols is 4. The number of benzene rings is 2. The molecular weight excluding hydrogens is 428 g/mol. The summed E-state index contributed by atoms with van der Waals surface area (Å²) in [5.41, 5.74) is -1.05. The molecule has 1 aliphatic rings. The minimum Gasteiger partial charge on any atom is -0.508 e. The molecule has 7 N–H and O–H groups in total. The topological polar surface area (TPSA) is 190 Å². The van der Waals surface area contributed by atoms with E-state index >= 15 is 0 Å². The minimum atomic E-state index is -1.64. The standard InChI is InChI=1S/C21H20O11/c1-7(22)18-16(28)17(29)21(31-18)32-20-15(27)14-12(26)5-9(23)6-13(14)30-19(20)8-2-3-10(24)11(25)4-8/h2-7,16-18,21-26,28-29H,1H3/t7-,16-,17+,18-,21-/m1/s1. The van der Waals surface area contributed by atoms with Crippen molar-refractivity contribution < 1.29 is 49.6 Å². The molecule has 4 rings (SSSR count). The zero-order valence-electron chi connectivity index (χ0n) is 16.5. The van der Waals surface area contributed by atoms with Gasteiger partial charge in [0.25, 0.3) is 0 Å². The van der Waals surface area contributed by atoms with Gasteiger partial charge in [0.05, 0.1) is 6.10 Å². The number of aromatic hydroxyl groups is 4. The molecule has 5 atom stereocenters. The summed E-state index contributed by atoms with van der Waals surface area (Å²) in [4.78, 5) is 13.2. The van der Waals surface area contributed by atoms with Crippen LogP contribution in [0.5, 0.6) is 28.7 Å². The molecule has 0 aliphatic carbocycles. The molecule has 1 saturated heterocycles. The number of rotatable bonds is 4. The highest BCUT2D eigenvalue weighted by atomic mass is 16.7. The van der Waals surface area contributed by atoms with Crippen molar-refractivity contribution in [2.45, 2.75) is 37.6 Å². The third-order valence-electron chi connectivity index (χ3n) is 5.12. The highest BCUT2D eigenvalue weighted by Gasteiger charge is 2.47. The van der Waals surface area contributed by atoms with E-state index in [0.717, 1.165) is 24.3 Å². The van der Waals surface area contributed by atoms with Crippen LogP contribution in [0, 0.1) is 0 Å². The smallest absolute Gasteiger partial charge is 0.239 e. The number of aliphatic hydroxyl groups is 3. The predicted molar refractivity (Wildman–Crippen MR) is 108 cm³/mol. The Morgan fingerprint density at radius 2 is 1.69 bits per heavy atom. The quantitative estimate of drug-likeness (QED) is 0.275. The first-order chi connectivity index (χ1) is 15.1. The van der Waals surface area contributed by atoms with Gasteiger partial charge in [-0.05, 0) is 25.1 Å². The van der Waals surface area contributed by atoms with Crippen LogP contribution in [-0.4, -0.2) is 66.5 Å². The molecule has 0 radical (unpaired) electrons. The molecule has 11 heteroatoms. The fourth-order valence-corrected chi connectivity index (χ4v) is 3.51. The third-order valence-corrected chi connectivity index (χ3v) is 5.12. The van der Waals surface area contributed by atoms with E-state index in [1.807, 2.05) is 0 Å². The van der Waals surface area contributed by atoms with Crippen LogP contribution in [0.4, 0.5) is 0 Å². The summed E-state index contributed by atoms with van der Waals surface area (Å²) < 4.78 is 16.6. The van der Waals surface area contributed by atoms with Crippen molar-refractivity contribution in [3.8, 4) is 40.1 Å². The summed E-state index contributed by atoms with van der Waals surface area (Å²) in [5, 5.41) is 69.1. The van der Waals surface area contributed by atoms with Crippen molar-refractivity contribution in [1.82, 2.24) is 0 Å². The maximum absolute atomic E-state index is 13.2. The highest BCUT2D eigenvalue weighted by Crippen LogP contribution is 2.39. The van der Waals surface area contributed by atoms with Crippen LogP contribution in [0.2, 0.25) is 0 Å². The normalized spacial score (nSPS) is 24.0. The van der Waals surface area contributed by atoms with Crippen LogP contribution in [0.15, 0.2) is 39.5 Å². The third kappa shape index (κ3) is 3.56. The van der Waals surface area contributed by atoms with Gasteiger partial charge in [-0.25, -0.2) is 0 Å². The van der Waals surface area contributed by atoms with Crippen LogP contribution in [0.1, 0.15) is 6.92 Å². The van der Waals surface area contributed by atoms with Gasteiger partial charge < -0.3 is 49.6 Å². The first-order valence-electron chi connectivity index (χ1n) is 9.50. The Labute approximate surface area is 179 Å². The Morgan fingerprint density at radius 1 is 0.969 bits per heavy atom. The van der Waals surface area contributed by atoms with Gasteiger partial charge in [0, 0.05) is 17.7 Å². The van der Waals surface area contributed by atoms with Crippen LogP contribution in [-0.2, 0) is 4.74 Å². The molecule has 1 fully saturated rings. The molecule has 1 aliphatic heterocycles. The monoisotopic (exact) mass is 448 g/mol. The van der Waals surface area contributed by atoms with E-state index in [1.54, 1.807) is 0 Å². The summed E-state index contributed by atoms with van der Waals surface area (Å²) in [6, 6.07) is 5.51. The van der Waals surface area contributed by atoms with E-state index in [-0.39, 0.29) is 28.0 Å². The van der Waals surface area contributed by atoms with Crippen molar-refractivity contribution in [2.75, 3.05) is 0 Å². The van der Waals surface area contributed by atoms with Gasteiger partial charge in [-0.1, -0.05) is 0 Å². The predicted octanol–water partition coefficient (Wildman–Crippen LogP) is 0.489. The average molecular weight is 448 g/mol. The molecule has 2 heterocycles. The zero-order chi connectivity index (χ0) is 23.3. The molecule has 2 aromatic carbocycles.